The molecule has 1 saturated carbocycles. The first-order chi connectivity index (χ1) is 14.8. The van der Waals surface area contributed by atoms with Crippen LogP contribution in [0.2, 0.25) is 0 Å². The Morgan fingerprint density at radius 1 is 1.23 bits per heavy atom. The van der Waals surface area contributed by atoms with Crippen LogP contribution in [0.3, 0.4) is 0 Å². The summed E-state index contributed by atoms with van der Waals surface area (Å²) in [5.41, 5.74) is 0.0327. The van der Waals surface area contributed by atoms with Crippen molar-refractivity contribution < 1.29 is 23.9 Å². The number of hydrogen-bond donors (Lipinski definition) is 2. The van der Waals surface area contributed by atoms with Gasteiger partial charge in [-0.05, 0) is 42.4 Å². The molecular formula is C23H31N3O5. The summed E-state index contributed by atoms with van der Waals surface area (Å²) in [5, 5.41) is 5.89. The zero-order valence-corrected chi connectivity index (χ0v) is 18.4. The summed E-state index contributed by atoms with van der Waals surface area (Å²) in [7, 11) is 0. The third-order valence-corrected chi connectivity index (χ3v) is 6.71. The third kappa shape index (κ3) is 3.95. The van der Waals surface area contributed by atoms with Gasteiger partial charge in [0.15, 0.2) is 11.5 Å². The summed E-state index contributed by atoms with van der Waals surface area (Å²) >= 11 is 0. The average Bonchev–Trinajstić information content (AvgIpc) is 2.98. The van der Waals surface area contributed by atoms with Gasteiger partial charge in [0, 0.05) is 0 Å². The first-order valence-corrected chi connectivity index (χ1v) is 11.1. The molecule has 8 heteroatoms. The smallest absolute Gasteiger partial charge is 0.325 e. The molecule has 31 heavy (non-hydrogen) atoms. The lowest BCUT2D eigenvalue weighted by atomic mass is 9.73. The van der Waals surface area contributed by atoms with Gasteiger partial charge in [0.05, 0.1) is 6.04 Å². The van der Waals surface area contributed by atoms with Crippen LogP contribution in [0.1, 0.15) is 58.1 Å². The fourth-order valence-corrected chi connectivity index (χ4v) is 4.89. The molecule has 2 aliphatic heterocycles. The van der Waals surface area contributed by atoms with E-state index in [1.165, 1.54) is 0 Å². The Morgan fingerprint density at radius 3 is 2.68 bits per heavy atom. The number of carbonyl (C=O) groups is 3. The lowest BCUT2D eigenvalue weighted by Gasteiger charge is -2.36. The van der Waals surface area contributed by atoms with Crippen molar-refractivity contribution in [2.24, 2.45) is 11.8 Å². The van der Waals surface area contributed by atoms with E-state index in [0.29, 0.717) is 31.1 Å². The zero-order chi connectivity index (χ0) is 22.2. The van der Waals surface area contributed by atoms with Crippen LogP contribution < -0.4 is 20.1 Å². The molecule has 1 saturated heterocycles. The van der Waals surface area contributed by atoms with Crippen molar-refractivity contribution in [3.63, 3.8) is 0 Å². The van der Waals surface area contributed by atoms with E-state index >= 15 is 0 Å². The lowest BCUT2D eigenvalue weighted by molar-refractivity contribution is -0.137. The molecule has 0 radical (unpaired) electrons. The van der Waals surface area contributed by atoms with Gasteiger partial charge >= 0.3 is 6.03 Å². The highest BCUT2D eigenvalue weighted by Gasteiger charge is 2.55. The van der Waals surface area contributed by atoms with Crippen LogP contribution in [-0.4, -0.2) is 48.0 Å². The molecule has 2 heterocycles. The fourth-order valence-electron chi connectivity index (χ4n) is 4.89. The Hall–Kier alpha value is -2.77. The number of nitrogens with zero attached hydrogens (tertiary/aromatic N) is 1. The minimum atomic E-state index is -0.858. The molecule has 1 spiro atoms. The first kappa shape index (κ1) is 21.5. The Kier molecular flexibility index (Phi) is 5.81. The predicted octanol–water partition coefficient (Wildman–Crippen LogP) is 2.77. The van der Waals surface area contributed by atoms with Crippen molar-refractivity contribution in [3.8, 4) is 11.5 Å². The summed E-state index contributed by atoms with van der Waals surface area (Å²) in [6.07, 6.45) is 3.47. The Labute approximate surface area is 182 Å². The van der Waals surface area contributed by atoms with Gasteiger partial charge in [-0.3, -0.25) is 14.5 Å². The van der Waals surface area contributed by atoms with Gasteiger partial charge in [0.2, 0.25) is 5.91 Å². The largest absolute Gasteiger partial charge is 0.486 e. The van der Waals surface area contributed by atoms with Gasteiger partial charge in [-0.2, -0.15) is 0 Å². The maximum atomic E-state index is 13.1. The van der Waals surface area contributed by atoms with E-state index in [9.17, 15) is 14.4 Å². The third-order valence-electron chi connectivity index (χ3n) is 6.71. The van der Waals surface area contributed by atoms with Crippen molar-refractivity contribution in [3.05, 3.63) is 23.8 Å². The van der Waals surface area contributed by atoms with Gasteiger partial charge in [0.1, 0.15) is 25.3 Å². The van der Waals surface area contributed by atoms with E-state index in [2.05, 4.69) is 10.6 Å². The SMILES string of the molecule is CC(C)[C@@H](NC(=O)CN1C(=O)N[C@]2(CCCC[C@@H]2C)C1=O)c1ccc2c(c1)OCCO2. The molecule has 4 rings (SSSR count). The number of rotatable bonds is 5. The Balaban J connectivity index is 1.46. The highest BCUT2D eigenvalue weighted by Crippen LogP contribution is 2.38. The molecule has 1 aromatic rings. The highest BCUT2D eigenvalue weighted by molar-refractivity contribution is 6.09. The van der Waals surface area contributed by atoms with E-state index in [1.54, 1.807) is 0 Å². The van der Waals surface area contributed by atoms with E-state index in [-0.39, 0.29) is 36.2 Å². The molecule has 3 aliphatic rings. The second-order valence-corrected chi connectivity index (χ2v) is 9.13. The summed E-state index contributed by atoms with van der Waals surface area (Å²) in [6, 6.07) is 4.87. The van der Waals surface area contributed by atoms with Crippen LogP contribution in [0.4, 0.5) is 4.79 Å². The quantitative estimate of drug-likeness (QED) is 0.702. The summed E-state index contributed by atoms with van der Waals surface area (Å²) in [4.78, 5) is 39.6. The van der Waals surface area contributed by atoms with Gasteiger partial charge < -0.3 is 20.1 Å². The maximum Gasteiger partial charge on any atom is 0.325 e. The van der Waals surface area contributed by atoms with Crippen LogP contribution in [0, 0.1) is 11.8 Å². The van der Waals surface area contributed by atoms with Crippen LogP contribution in [0.5, 0.6) is 11.5 Å². The van der Waals surface area contributed by atoms with Gasteiger partial charge in [-0.1, -0.05) is 39.7 Å². The van der Waals surface area contributed by atoms with Crippen molar-refractivity contribution in [1.29, 1.82) is 0 Å². The number of hydrogen-bond acceptors (Lipinski definition) is 5. The number of fused-ring (bicyclic) bond motifs is 1. The van der Waals surface area contributed by atoms with Crippen molar-refractivity contribution >= 4 is 17.8 Å². The van der Waals surface area contributed by atoms with Crippen LogP contribution in [0.15, 0.2) is 18.2 Å². The predicted molar refractivity (Wildman–Crippen MR) is 114 cm³/mol. The van der Waals surface area contributed by atoms with Crippen molar-refractivity contribution in [2.45, 2.75) is 58.0 Å². The Bertz CT molecular complexity index is 886. The summed E-state index contributed by atoms with van der Waals surface area (Å²) in [6.45, 7) is 6.73. The van der Waals surface area contributed by atoms with E-state index in [0.717, 1.165) is 29.7 Å². The topological polar surface area (TPSA) is 97.0 Å². The van der Waals surface area contributed by atoms with E-state index < -0.39 is 11.6 Å². The molecule has 1 aromatic carbocycles. The second-order valence-electron chi connectivity index (χ2n) is 9.13. The molecule has 1 aliphatic carbocycles. The van der Waals surface area contributed by atoms with Gasteiger partial charge in [0.25, 0.3) is 5.91 Å². The first-order valence-electron chi connectivity index (χ1n) is 11.1. The highest BCUT2D eigenvalue weighted by atomic mass is 16.6. The number of carbonyl (C=O) groups excluding carboxylic acids is 3. The summed E-state index contributed by atoms with van der Waals surface area (Å²) in [5.74, 6) is 0.866. The standard InChI is InChI=1S/C23H31N3O5/c1-14(2)20(16-7-8-17-18(12-16)31-11-10-30-17)24-19(27)13-26-21(28)23(25-22(26)29)9-5-4-6-15(23)3/h7-8,12,14-15,20H,4-6,9-11,13H2,1-3H3,(H,24,27)(H,25,29)/t15-,20+,23-/m0/s1. The van der Waals surface area contributed by atoms with Crippen LogP contribution in [0.25, 0.3) is 0 Å². The van der Waals surface area contributed by atoms with Crippen molar-refractivity contribution in [1.82, 2.24) is 15.5 Å². The molecule has 0 unspecified atom stereocenters. The molecular weight excluding hydrogens is 398 g/mol. The minimum Gasteiger partial charge on any atom is -0.486 e. The van der Waals surface area contributed by atoms with Crippen LogP contribution in [-0.2, 0) is 9.59 Å². The number of imide groups is 1. The normalized spacial score (nSPS) is 26.2. The minimum absolute atomic E-state index is 0.0619. The second kappa shape index (κ2) is 8.40. The van der Waals surface area contributed by atoms with Gasteiger partial charge in [-0.15, -0.1) is 0 Å². The number of amides is 4. The molecule has 3 atom stereocenters. The molecule has 0 bridgehead atoms. The number of urea groups is 1. The molecule has 2 fully saturated rings. The molecule has 0 aromatic heterocycles. The van der Waals surface area contributed by atoms with E-state index in [4.69, 9.17) is 9.47 Å². The zero-order valence-electron chi connectivity index (χ0n) is 18.4. The molecule has 8 nitrogen and oxygen atoms in total. The van der Waals surface area contributed by atoms with Crippen molar-refractivity contribution in [2.75, 3.05) is 19.8 Å². The molecule has 4 amide bonds. The number of benzene rings is 1. The monoisotopic (exact) mass is 429 g/mol. The molecule has 2 N–H and O–H groups in total. The molecule has 168 valence electrons. The Morgan fingerprint density at radius 2 is 1.97 bits per heavy atom. The maximum absolute atomic E-state index is 13.1. The summed E-state index contributed by atoms with van der Waals surface area (Å²) < 4.78 is 11.2. The van der Waals surface area contributed by atoms with E-state index in [1.807, 2.05) is 39.0 Å². The number of ether oxygens (including phenoxy) is 2. The lowest BCUT2D eigenvalue weighted by Crippen LogP contribution is -2.54. The van der Waals surface area contributed by atoms with Crippen LogP contribution >= 0.6 is 0 Å². The number of nitrogens with one attached hydrogen (secondary N) is 2. The average molecular weight is 430 g/mol. The van der Waals surface area contributed by atoms with Gasteiger partial charge in [-0.25, -0.2) is 4.79 Å². The fraction of sp³-hybridized carbons (Fsp3) is 0.609.